The summed E-state index contributed by atoms with van der Waals surface area (Å²) in [6.45, 7) is 7.11. The van der Waals surface area contributed by atoms with Crippen LogP contribution >= 0.6 is 0 Å². The molecule has 0 aliphatic carbocycles. The molecule has 0 bridgehead atoms. The van der Waals surface area contributed by atoms with Gasteiger partial charge < -0.3 is 53.3 Å². The van der Waals surface area contributed by atoms with Gasteiger partial charge in [-0.1, -0.05) is 13.8 Å². The van der Waals surface area contributed by atoms with E-state index < -0.39 is 96.0 Å². The second-order valence-electron chi connectivity index (χ2n) is 12.7. The maximum Gasteiger partial charge on any atom is 0.243 e. The summed E-state index contributed by atoms with van der Waals surface area (Å²) >= 11 is 0. The lowest BCUT2D eigenvalue weighted by Gasteiger charge is -2.27. The Labute approximate surface area is 294 Å². The lowest BCUT2D eigenvalue weighted by atomic mass is 10.0. The number of imidazole rings is 1. The first-order chi connectivity index (χ1) is 23.9. The summed E-state index contributed by atoms with van der Waals surface area (Å²) in [6, 6.07) is -6.56. The van der Waals surface area contributed by atoms with Gasteiger partial charge in [0.2, 0.25) is 53.2 Å². The molecule has 1 saturated heterocycles. The molecule has 0 saturated carbocycles. The average molecular weight is 720 g/mol. The lowest BCUT2D eigenvalue weighted by molar-refractivity contribution is -0.140. The Balaban J connectivity index is 2.03. The number of hydrogen-bond donors (Lipinski definition) is 9. The molecule has 282 valence electrons. The standard InChI is InChI=1S/C31H49N11O9/c1-15(2)25(39-18(5)43)31(51)41-21(11-19-12-34-14-36-19)29(49)38-17(4)27(47)35-13-24(45)42-10-6-7-22(42)30(50)40-20(8-9-23(32)44)28(48)37-16(3)26(33)46/h12,14-17,20-22,25H,6-11,13H2,1-5H3,(H2,32,44)(H2,33,46)(H,34,36)(H,35,47)(H,37,48)(H,38,49)(H,39,43)(H,40,50)(H,41,51)/t16-,17-,20-,21-,22-,25-/m0/s1. The Morgan fingerprint density at radius 2 is 1.51 bits per heavy atom. The molecule has 1 aromatic heterocycles. The van der Waals surface area contributed by atoms with Crippen molar-refractivity contribution in [3.63, 3.8) is 0 Å². The largest absolute Gasteiger partial charge is 0.370 e. The van der Waals surface area contributed by atoms with Crippen LogP contribution in [0.2, 0.25) is 0 Å². The smallest absolute Gasteiger partial charge is 0.243 e. The molecule has 51 heavy (non-hydrogen) atoms. The lowest BCUT2D eigenvalue weighted by Crippen LogP contribution is -2.58. The van der Waals surface area contributed by atoms with E-state index in [1.54, 1.807) is 13.8 Å². The van der Waals surface area contributed by atoms with Gasteiger partial charge in [0.25, 0.3) is 0 Å². The van der Waals surface area contributed by atoms with E-state index in [1.807, 2.05) is 0 Å². The number of hydrogen-bond acceptors (Lipinski definition) is 10. The maximum absolute atomic E-state index is 13.3. The molecule has 9 amide bonds. The van der Waals surface area contributed by atoms with Gasteiger partial charge in [-0.15, -0.1) is 0 Å². The highest BCUT2D eigenvalue weighted by molar-refractivity contribution is 5.97. The van der Waals surface area contributed by atoms with Gasteiger partial charge in [0.15, 0.2) is 0 Å². The van der Waals surface area contributed by atoms with Crippen LogP contribution in [0.25, 0.3) is 0 Å². The predicted molar refractivity (Wildman–Crippen MR) is 179 cm³/mol. The van der Waals surface area contributed by atoms with E-state index in [9.17, 15) is 43.2 Å². The predicted octanol–water partition coefficient (Wildman–Crippen LogP) is -4.05. The third-order valence-electron chi connectivity index (χ3n) is 8.06. The molecule has 2 heterocycles. The number of nitrogens with zero attached hydrogens (tertiary/aromatic N) is 2. The highest BCUT2D eigenvalue weighted by Crippen LogP contribution is 2.18. The second kappa shape index (κ2) is 19.6. The summed E-state index contributed by atoms with van der Waals surface area (Å²) in [6.07, 6.45) is 3.14. The number of aromatic amines is 1. The molecule has 2 rings (SSSR count). The summed E-state index contributed by atoms with van der Waals surface area (Å²) in [5, 5.41) is 15.0. The van der Waals surface area contributed by atoms with Gasteiger partial charge in [-0.2, -0.15) is 0 Å². The fourth-order valence-corrected chi connectivity index (χ4v) is 5.18. The molecule has 6 atom stereocenters. The van der Waals surface area contributed by atoms with Gasteiger partial charge in [-0.25, -0.2) is 4.98 Å². The van der Waals surface area contributed by atoms with Crippen molar-refractivity contribution in [2.45, 2.75) is 103 Å². The molecule has 1 aliphatic heterocycles. The van der Waals surface area contributed by atoms with Crippen LogP contribution < -0.4 is 43.4 Å². The van der Waals surface area contributed by atoms with Gasteiger partial charge in [-0.05, 0) is 39.0 Å². The molecule has 1 aromatic rings. The molecule has 0 spiro atoms. The number of nitrogens with two attached hydrogens (primary N) is 2. The number of primary amides is 2. The number of nitrogens with one attached hydrogen (secondary N) is 7. The molecule has 1 aliphatic rings. The topological polar surface area (TPSA) is 310 Å². The summed E-state index contributed by atoms with van der Waals surface area (Å²) in [4.78, 5) is 121. The molecule has 0 radical (unpaired) electrons. The maximum atomic E-state index is 13.3. The first kappa shape index (κ1) is 41.6. The summed E-state index contributed by atoms with van der Waals surface area (Å²) < 4.78 is 0. The third-order valence-corrected chi connectivity index (χ3v) is 8.06. The first-order valence-corrected chi connectivity index (χ1v) is 16.5. The zero-order valence-corrected chi connectivity index (χ0v) is 29.4. The van der Waals surface area contributed by atoms with Crippen LogP contribution in [0.5, 0.6) is 0 Å². The van der Waals surface area contributed by atoms with Crippen molar-refractivity contribution in [3.8, 4) is 0 Å². The van der Waals surface area contributed by atoms with E-state index in [-0.39, 0.29) is 38.1 Å². The Kier molecular flexibility index (Phi) is 16.0. The number of carbonyl (C=O) groups excluding carboxylic acids is 9. The minimum atomic E-state index is -1.25. The number of carbonyl (C=O) groups is 9. The molecule has 0 aromatic carbocycles. The van der Waals surface area contributed by atoms with E-state index in [0.29, 0.717) is 12.1 Å². The summed E-state index contributed by atoms with van der Waals surface area (Å²) in [5.74, 6) is -6.37. The van der Waals surface area contributed by atoms with Crippen LogP contribution in [-0.4, -0.2) is 117 Å². The molecular formula is C31H49N11O9. The van der Waals surface area contributed by atoms with Gasteiger partial charge in [0.1, 0.15) is 36.3 Å². The Morgan fingerprint density at radius 1 is 0.863 bits per heavy atom. The molecule has 1 fully saturated rings. The fourth-order valence-electron chi connectivity index (χ4n) is 5.18. The molecule has 11 N–H and O–H groups in total. The zero-order chi connectivity index (χ0) is 38.4. The van der Waals surface area contributed by atoms with Gasteiger partial charge in [0, 0.05) is 38.2 Å². The van der Waals surface area contributed by atoms with Crippen molar-refractivity contribution in [1.82, 2.24) is 46.8 Å². The van der Waals surface area contributed by atoms with Crippen molar-refractivity contribution in [2.75, 3.05) is 13.1 Å². The highest BCUT2D eigenvalue weighted by atomic mass is 16.2. The van der Waals surface area contributed by atoms with Gasteiger partial charge in [0.05, 0.1) is 12.9 Å². The fraction of sp³-hybridized carbons (Fsp3) is 0.613. The van der Waals surface area contributed by atoms with Gasteiger partial charge >= 0.3 is 0 Å². The van der Waals surface area contributed by atoms with E-state index in [4.69, 9.17) is 11.5 Å². The normalized spacial score (nSPS) is 16.8. The van der Waals surface area contributed by atoms with Crippen LogP contribution in [0.15, 0.2) is 12.5 Å². The van der Waals surface area contributed by atoms with Crippen LogP contribution in [0, 0.1) is 5.92 Å². The van der Waals surface area contributed by atoms with E-state index in [0.717, 1.165) is 0 Å². The molecule has 0 unspecified atom stereocenters. The minimum Gasteiger partial charge on any atom is -0.370 e. The quantitative estimate of drug-likeness (QED) is 0.0666. The van der Waals surface area contributed by atoms with Crippen molar-refractivity contribution in [2.24, 2.45) is 17.4 Å². The average Bonchev–Trinajstić information content (AvgIpc) is 3.76. The van der Waals surface area contributed by atoms with E-state index in [1.165, 1.54) is 38.2 Å². The minimum absolute atomic E-state index is 0.0110. The number of likely N-dealkylation sites (tertiary alicyclic amines) is 1. The van der Waals surface area contributed by atoms with Crippen LogP contribution in [-0.2, 0) is 49.6 Å². The van der Waals surface area contributed by atoms with Crippen molar-refractivity contribution in [3.05, 3.63) is 18.2 Å². The van der Waals surface area contributed by atoms with Gasteiger partial charge in [-0.3, -0.25) is 43.2 Å². The SMILES string of the molecule is CC(=O)N[C@H](C(=O)N[C@@H](Cc1cnc[nH]1)C(=O)N[C@@H](C)C(=O)NCC(=O)N1CCC[C@H]1C(=O)N[C@@H](CCC(N)=O)C(=O)N[C@@H](C)C(N)=O)C(C)C. The number of rotatable bonds is 19. The first-order valence-electron chi connectivity index (χ1n) is 16.5. The van der Waals surface area contributed by atoms with Crippen molar-refractivity contribution >= 4 is 53.2 Å². The zero-order valence-electron chi connectivity index (χ0n) is 29.4. The van der Waals surface area contributed by atoms with E-state index >= 15 is 0 Å². The molecule has 20 nitrogen and oxygen atoms in total. The Hall–Kier alpha value is -5.56. The molecule has 20 heteroatoms. The number of aromatic nitrogens is 2. The van der Waals surface area contributed by atoms with Crippen LogP contribution in [0.3, 0.4) is 0 Å². The van der Waals surface area contributed by atoms with Crippen LogP contribution in [0.1, 0.15) is 66.0 Å². The molecular weight excluding hydrogens is 670 g/mol. The van der Waals surface area contributed by atoms with E-state index in [2.05, 4.69) is 41.9 Å². The summed E-state index contributed by atoms with van der Waals surface area (Å²) in [5.41, 5.74) is 10.9. The number of H-pyrrole nitrogens is 1. The number of amides is 9. The van der Waals surface area contributed by atoms with Crippen LogP contribution in [0.4, 0.5) is 0 Å². The monoisotopic (exact) mass is 719 g/mol. The van der Waals surface area contributed by atoms with Crippen molar-refractivity contribution < 1.29 is 43.2 Å². The van der Waals surface area contributed by atoms with Crippen molar-refractivity contribution in [1.29, 1.82) is 0 Å². The Bertz CT molecular complexity index is 1450. The third kappa shape index (κ3) is 13.3. The second-order valence-corrected chi connectivity index (χ2v) is 12.7. The Morgan fingerprint density at radius 3 is 2.08 bits per heavy atom. The highest BCUT2D eigenvalue weighted by Gasteiger charge is 2.37. The summed E-state index contributed by atoms with van der Waals surface area (Å²) in [7, 11) is 0.